The maximum atomic E-state index is 13.1. The molecule has 0 saturated heterocycles. The molecule has 2 N–H and O–H groups in total. The van der Waals surface area contributed by atoms with Crippen LogP contribution in [0.15, 0.2) is 59.6 Å². The lowest BCUT2D eigenvalue weighted by atomic mass is 10.1. The Kier molecular flexibility index (Phi) is 3.93. The highest BCUT2D eigenvalue weighted by molar-refractivity contribution is 7.89. The summed E-state index contributed by atoms with van der Waals surface area (Å²) in [7, 11) is -3.76. The Labute approximate surface area is 137 Å². The first kappa shape index (κ1) is 15.7. The Hall–Kier alpha value is -2.22. The predicted molar refractivity (Wildman–Crippen MR) is 85.3 cm³/mol. The molecule has 23 heavy (non-hydrogen) atoms. The van der Waals surface area contributed by atoms with Crippen molar-refractivity contribution in [2.75, 3.05) is 0 Å². The summed E-state index contributed by atoms with van der Waals surface area (Å²) in [6.07, 6.45) is 1.47. The van der Waals surface area contributed by atoms with Crippen molar-refractivity contribution in [3.8, 4) is 16.9 Å². The Balaban J connectivity index is 2.10. The fourth-order valence-electron chi connectivity index (χ4n) is 2.17. The van der Waals surface area contributed by atoms with E-state index in [9.17, 15) is 12.8 Å². The molecule has 0 saturated carbocycles. The molecule has 8 heteroatoms. The van der Waals surface area contributed by atoms with Gasteiger partial charge in [-0.1, -0.05) is 11.6 Å². The fourth-order valence-corrected chi connectivity index (χ4v) is 2.92. The normalized spacial score (nSPS) is 11.6. The van der Waals surface area contributed by atoms with Crippen molar-refractivity contribution in [3.05, 3.63) is 65.6 Å². The predicted octanol–water partition coefficient (Wildman–Crippen LogP) is 2.98. The molecule has 0 atom stereocenters. The summed E-state index contributed by atoms with van der Waals surface area (Å²) in [6, 6.07) is 11.7. The summed E-state index contributed by atoms with van der Waals surface area (Å²) in [5.41, 5.74) is 1.86. The largest absolute Gasteiger partial charge is 0.238 e. The van der Waals surface area contributed by atoms with Crippen LogP contribution in [-0.4, -0.2) is 18.2 Å². The molecule has 0 bridgehead atoms. The Morgan fingerprint density at radius 1 is 1.04 bits per heavy atom. The van der Waals surface area contributed by atoms with Gasteiger partial charge in [0.25, 0.3) is 0 Å². The van der Waals surface area contributed by atoms with E-state index in [0.29, 0.717) is 22.0 Å². The number of nitrogens with zero attached hydrogens (tertiary/aromatic N) is 2. The van der Waals surface area contributed by atoms with Gasteiger partial charge in [-0.25, -0.2) is 22.6 Å². The van der Waals surface area contributed by atoms with E-state index in [0.717, 1.165) is 0 Å². The molecule has 3 rings (SSSR count). The zero-order chi connectivity index (χ0) is 16.6. The Morgan fingerprint density at radius 2 is 1.65 bits per heavy atom. The monoisotopic (exact) mass is 351 g/mol. The second-order valence-corrected chi connectivity index (χ2v) is 6.77. The van der Waals surface area contributed by atoms with Crippen molar-refractivity contribution in [1.29, 1.82) is 0 Å². The number of rotatable bonds is 3. The third-order valence-corrected chi connectivity index (χ3v) is 4.46. The van der Waals surface area contributed by atoms with Gasteiger partial charge in [-0.05, 0) is 48.5 Å². The smallest absolute Gasteiger partial charge is 0.232 e. The highest BCUT2D eigenvalue weighted by atomic mass is 35.5. The standard InChI is InChI=1S/C15H11ClFN3O2S/c16-14-9-19-20(15(14)10-1-3-11(17)4-2-10)12-5-7-13(8-6-12)23(18,21)22/h1-9H,(H2,18,21,22). The molecular formula is C15H11ClFN3O2S. The van der Waals surface area contributed by atoms with Crippen LogP contribution in [-0.2, 0) is 10.0 Å². The molecule has 0 spiro atoms. The van der Waals surface area contributed by atoms with Gasteiger partial charge in [0, 0.05) is 5.56 Å². The van der Waals surface area contributed by atoms with Crippen LogP contribution in [0, 0.1) is 5.82 Å². The van der Waals surface area contributed by atoms with E-state index in [4.69, 9.17) is 16.7 Å². The maximum absolute atomic E-state index is 13.1. The number of aromatic nitrogens is 2. The first-order valence-electron chi connectivity index (χ1n) is 6.49. The van der Waals surface area contributed by atoms with Crippen molar-refractivity contribution >= 4 is 21.6 Å². The van der Waals surface area contributed by atoms with Crippen molar-refractivity contribution in [2.45, 2.75) is 4.90 Å². The van der Waals surface area contributed by atoms with Gasteiger partial charge in [-0.2, -0.15) is 5.10 Å². The topological polar surface area (TPSA) is 78.0 Å². The molecule has 0 unspecified atom stereocenters. The average Bonchev–Trinajstić information content (AvgIpc) is 2.89. The molecule has 118 valence electrons. The van der Waals surface area contributed by atoms with Gasteiger partial charge in [-0.15, -0.1) is 0 Å². The van der Waals surface area contributed by atoms with Crippen LogP contribution < -0.4 is 5.14 Å². The van der Waals surface area contributed by atoms with E-state index < -0.39 is 10.0 Å². The summed E-state index contributed by atoms with van der Waals surface area (Å²) in [5.74, 6) is -0.353. The molecular weight excluding hydrogens is 341 g/mol. The molecule has 0 aliphatic rings. The highest BCUT2D eigenvalue weighted by Crippen LogP contribution is 2.30. The van der Waals surface area contributed by atoms with E-state index in [1.807, 2.05) is 0 Å². The van der Waals surface area contributed by atoms with Crippen LogP contribution in [0.3, 0.4) is 0 Å². The van der Waals surface area contributed by atoms with Crippen LogP contribution in [0.1, 0.15) is 0 Å². The lowest BCUT2D eigenvalue weighted by molar-refractivity contribution is 0.597. The van der Waals surface area contributed by atoms with Crippen LogP contribution in [0.5, 0.6) is 0 Å². The number of hydrogen-bond donors (Lipinski definition) is 1. The molecule has 1 aromatic heterocycles. The molecule has 0 fully saturated rings. The molecule has 0 aliphatic heterocycles. The first-order valence-corrected chi connectivity index (χ1v) is 8.41. The van der Waals surface area contributed by atoms with Gasteiger partial charge in [-0.3, -0.25) is 0 Å². The third kappa shape index (κ3) is 3.12. The van der Waals surface area contributed by atoms with Gasteiger partial charge >= 0.3 is 0 Å². The maximum Gasteiger partial charge on any atom is 0.238 e. The number of nitrogens with two attached hydrogens (primary N) is 1. The lowest BCUT2D eigenvalue weighted by Crippen LogP contribution is -2.12. The molecule has 0 amide bonds. The second-order valence-electron chi connectivity index (χ2n) is 4.80. The van der Waals surface area contributed by atoms with E-state index in [-0.39, 0.29) is 10.7 Å². The van der Waals surface area contributed by atoms with Crippen molar-refractivity contribution in [2.24, 2.45) is 5.14 Å². The minimum absolute atomic E-state index is 0.00263. The minimum atomic E-state index is -3.76. The zero-order valence-corrected chi connectivity index (χ0v) is 13.2. The van der Waals surface area contributed by atoms with Crippen molar-refractivity contribution in [3.63, 3.8) is 0 Å². The van der Waals surface area contributed by atoms with E-state index in [1.54, 1.807) is 28.9 Å². The zero-order valence-electron chi connectivity index (χ0n) is 11.6. The number of benzene rings is 2. The fraction of sp³-hybridized carbons (Fsp3) is 0. The van der Waals surface area contributed by atoms with Crippen LogP contribution in [0.2, 0.25) is 5.02 Å². The Bertz CT molecular complexity index is 951. The summed E-state index contributed by atoms with van der Waals surface area (Å²) in [6.45, 7) is 0. The average molecular weight is 352 g/mol. The van der Waals surface area contributed by atoms with Gasteiger partial charge in [0.1, 0.15) is 5.82 Å². The number of sulfonamides is 1. The van der Waals surface area contributed by atoms with E-state index in [2.05, 4.69) is 5.10 Å². The number of hydrogen-bond acceptors (Lipinski definition) is 3. The van der Waals surface area contributed by atoms with Crippen molar-refractivity contribution in [1.82, 2.24) is 9.78 Å². The van der Waals surface area contributed by atoms with Crippen molar-refractivity contribution < 1.29 is 12.8 Å². The summed E-state index contributed by atoms with van der Waals surface area (Å²) in [5, 5.41) is 9.66. The highest BCUT2D eigenvalue weighted by Gasteiger charge is 2.14. The third-order valence-electron chi connectivity index (χ3n) is 3.25. The van der Waals surface area contributed by atoms with Crippen LogP contribution >= 0.6 is 11.6 Å². The molecule has 5 nitrogen and oxygen atoms in total. The number of halogens is 2. The summed E-state index contributed by atoms with van der Waals surface area (Å²) in [4.78, 5) is 0.00263. The first-order chi connectivity index (χ1) is 10.9. The minimum Gasteiger partial charge on any atom is -0.232 e. The van der Waals surface area contributed by atoms with Gasteiger partial charge in [0.2, 0.25) is 10.0 Å². The van der Waals surface area contributed by atoms with Gasteiger partial charge in [0.15, 0.2) is 0 Å². The van der Waals surface area contributed by atoms with Gasteiger partial charge in [0.05, 0.1) is 27.5 Å². The van der Waals surface area contributed by atoms with E-state index >= 15 is 0 Å². The van der Waals surface area contributed by atoms with Crippen LogP contribution in [0.25, 0.3) is 16.9 Å². The molecule has 2 aromatic carbocycles. The summed E-state index contributed by atoms with van der Waals surface area (Å²) >= 11 is 6.18. The summed E-state index contributed by atoms with van der Waals surface area (Å²) < 4.78 is 37.2. The van der Waals surface area contributed by atoms with Crippen LogP contribution in [0.4, 0.5) is 4.39 Å². The molecule has 0 aliphatic carbocycles. The molecule has 1 heterocycles. The molecule has 0 radical (unpaired) electrons. The van der Waals surface area contributed by atoms with E-state index in [1.165, 1.54) is 30.5 Å². The number of primary sulfonamides is 1. The molecule has 3 aromatic rings. The second kappa shape index (κ2) is 5.77. The Morgan fingerprint density at radius 3 is 2.22 bits per heavy atom. The van der Waals surface area contributed by atoms with Gasteiger partial charge < -0.3 is 0 Å². The SMILES string of the molecule is NS(=O)(=O)c1ccc(-n2ncc(Cl)c2-c2ccc(F)cc2)cc1. The quantitative estimate of drug-likeness (QED) is 0.788. The lowest BCUT2D eigenvalue weighted by Gasteiger charge is -2.09.